The van der Waals surface area contributed by atoms with Crippen molar-refractivity contribution < 1.29 is 4.74 Å². The average Bonchev–Trinajstić information content (AvgIpc) is 2.31. The second-order valence-electron chi connectivity index (χ2n) is 4.66. The van der Waals surface area contributed by atoms with E-state index in [0.29, 0.717) is 0 Å². The van der Waals surface area contributed by atoms with Gasteiger partial charge in [0.1, 0.15) is 0 Å². The largest absolute Gasteiger partial charge is 0.379 e. The third kappa shape index (κ3) is 2.92. The summed E-state index contributed by atoms with van der Waals surface area (Å²) in [4.78, 5) is 2.63. The van der Waals surface area contributed by atoms with Gasteiger partial charge in [-0.05, 0) is 19.4 Å². The number of hydrogen-bond acceptors (Lipinski definition) is 3. The van der Waals surface area contributed by atoms with E-state index in [0.717, 1.165) is 44.9 Å². The van der Waals surface area contributed by atoms with Crippen LogP contribution in [-0.2, 0) is 4.74 Å². The van der Waals surface area contributed by atoms with Crippen molar-refractivity contribution in [2.45, 2.75) is 44.7 Å². The number of nitrogens with one attached hydrogen (secondary N) is 1. The van der Waals surface area contributed by atoms with Crippen molar-refractivity contribution in [1.29, 1.82) is 0 Å². The highest BCUT2D eigenvalue weighted by atomic mass is 16.5. The zero-order valence-corrected chi connectivity index (χ0v) is 9.87. The van der Waals surface area contributed by atoms with Crippen LogP contribution in [0.5, 0.6) is 0 Å². The molecular weight excluding hydrogens is 188 g/mol. The van der Waals surface area contributed by atoms with Crippen molar-refractivity contribution in [3.05, 3.63) is 0 Å². The van der Waals surface area contributed by atoms with Gasteiger partial charge in [0, 0.05) is 25.2 Å². The number of likely N-dealkylation sites (N-methyl/N-ethyl adjacent to an activating group) is 1. The molecule has 3 heteroatoms. The Labute approximate surface area is 93.2 Å². The molecule has 2 fully saturated rings. The number of ether oxygens (including phenoxy) is 1. The van der Waals surface area contributed by atoms with Gasteiger partial charge in [0.05, 0.1) is 13.2 Å². The van der Waals surface area contributed by atoms with Crippen molar-refractivity contribution in [3.63, 3.8) is 0 Å². The van der Waals surface area contributed by atoms with E-state index in [2.05, 4.69) is 17.1 Å². The minimum atomic E-state index is 0.724. The minimum absolute atomic E-state index is 0.724. The molecule has 1 heterocycles. The van der Waals surface area contributed by atoms with E-state index in [1.165, 1.54) is 25.7 Å². The predicted octanol–water partition coefficient (Wildman–Crippen LogP) is 1.24. The van der Waals surface area contributed by atoms with Crippen LogP contribution in [0.2, 0.25) is 0 Å². The molecule has 88 valence electrons. The van der Waals surface area contributed by atoms with E-state index in [1.807, 2.05) is 0 Å². The molecule has 0 radical (unpaired) electrons. The topological polar surface area (TPSA) is 24.5 Å². The maximum Gasteiger partial charge on any atom is 0.0594 e. The van der Waals surface area contributed by atoms with Crippen molar-refractivity contribution in [2.75, 3.05) is 32.8 Å². The minimum Gasteiger partial charge on any atom is -0.379 e. The normalized spacial score (nSPS) is 34.2. The fourth-order valence-corrected chi connectivity index (χ4v) is 2.96. The van der Waals surface area contributed by atoms with Gasteiger partial charge in [-0.15, -0.1) is 0 Å². The Morgan fingerprint density at radius 2 is 1.93 bits per heavy atom. The molecule has 1 aliphatic carbocycles. The van der Waals surface area contributed by atoms with Crippen molar-refractivity contribution >= 4 is 0 Å². The number of morpholine rings is 1. The van der Waals surface area contributed by atoms with Crippen LogP contribution in [0, 0.1) is 0 Å². The highest BCUT2D eigenvalue weighted by Gasteiger charge is 2.30. The maximum atomic E-state index is 5.42. The molecule has 0 aromatic carbocycles. The second-order valence-corrected chi connectivity index (χ2v) is 4.66. The fourth-order valence-electron chi connectivity index (χ4n) is 2.96. The first-order valence-electron chi connectivity index (χ1n) is 6.47. The Kier molecular flexibility index (Phi) is 4.42. The molecule has 0 aromatic rings. The van der Waals surface area contributed by atoms with E-state index >= 15 is 0 Å². The molecule has 3 nitrogen and oxygen atoms in total. The number of hydrogen-bond donors (Lipinski definition) is 1. The van der Waals surface area contributed by atoms with Gasteiger partial charge in [0.15, 0.2) is 0 Å². The zero-order valence-electron chi connectivity index (χ0n) is 9.87. The lowest BCUT2D eigenvalue weighted by molar-refractivity contribution is -0.0000589. The summed E-state index contributed by atoms with van der Waals surface area (Å²) in [6.45, 7) is 7.43. The van der Waals surface area contributed by atoms with Crippen LogP contribution in [-0.4, -0.2) is 49.8 Å². The van der Waals surface area contributed by atoms with Gasteiger partial charge in [-0.25, -0.2) is 0 Å². The van der Waals surface area contributed by atoms with E-state index < -0.39 is 0 Å². The fraction of sp³-hybridized carbons (Fsp3) is 1.00. The Hall–Kier alpha value is -0.120. The van der Waals surface area contributed by atoms with E-state index in [9.17, 15) is 0 Å². The molecule has 1 aliphatic heterocycles. The molecule has 0 spiro atoms. The third-order valence-corrected chi connectivity index (χ3v) is 3.71. The lowest BCUT2D eigenvalue weighted by atomic mass is 9.89. The van der Waals surface area contributed by atoms with Crippen LogP contribution in [0.15, 0.2) is 0 Å². The van der Waals surface area contributed by atoms with Crippen molar-refractivity contribution in [3.8, 4) is 0 Å². The van der Waals surface area contributed by atoms with Crippen LogP contribution in [0.25, 0.3) is 0 Å². The summed E-state index contributed by atoms with van der Waals surface area (Å²) in [5.41, 5.74) is 0. The first kappa shape index (κ1) is 11.4. The van der Waals surface area contributed by atoms with Gasteiger partial charge in [-0.3, -0.25) is 4.90 Å². The van der Waals surface area contributed by atoms with Gasteiger partial charge in [0.25, 0.3) is 0 Å². The van der Waals surface area contributed by atoms with Gasteiger partial charge in [-0.2, -0.15) is 0 Å². The molecule has 1 N–H and O–H groups in total. The highest BCUT2D eigenvalue weighted by Crippen LogP contribution is 2.23. The molecule has 0 amide bonds. The first-order chi connectivity index (χ1) is 7.42. The third-order valence-electron chi connectivity index (χ3n) is 3.71. The summed E-state index contributed by atoms with van der Waals surface area (Å²) in [6.07, 6.45) is 5.54. The quantitative estimate of drug-likeness (QED) is 0.762. The standard InChI is InChI=1S/C12H24N2O/c1-2-13-11-5-3-4-6-12(11)14-7-9-15-10-8-14/h11-13H,2-10H2,1H3. The van der Waals surface area contributed by atoms with Crippen LogP contribution in [0.3, 0.4) is 0 Å². The molecule has 2 unspecified atom stereocenters. The second kappa shape index (κ2) is 5.83. The van der Waals surface area contributed by atoms with E-state index in [1.54, 1.807) is 0 Å². The Balaban J connectivity index is 1.90. The van der Waals surface area contributed by atoms with E-state index in [-0.39, 0.29) is 0 Å². The molecule has 2 atom stereocenters. The molecule has 2 aliphatic rings. The molecule has 1 saturated heterocycles. The molecule has 0 aromatic heterocycles. The average molecular weight is 212 g/mol. The van der Waals surface area contributed by atoms with Crippen LogP contribution < -0.4 is 5.32 Å². The lowest BCUT2D eigenvalue weighted by Gasteiger charge is -2.42. The van der Waals surface area contributed by atoms with Gasteiger partial charge >= 0.3 is 0 Å². The first-order valence-corrected chi connectivity index (χ1v) is 6.47. The molecule has 15 heavy (non-hydrogen) atoms. The lowest BCUT2D eigenvalue weighted by Crippen LogP contribution is -2.54. The Bertz CT molecular complexity index is 168. The molecule has 2 rings (SSSR count). The summed E-state index contributed by atoms with van der Waals surface area (Å²) in [5, 5.41) is 3.65. The molecular formula is C12H24N2O. The smallest absolute Gasteiger partial charge is 0.0594 e. The molecule has 1 saturated carbocycles. The van der Waals surface area contributed by atoms with E-state index in [4.69, 9.17) is 4.74 Å². The maximum absolute atomic E-state index is 5.42. The summed E-state index contributed by atoms with van der Waals surface area (Å²) < 4.78 is 5.42. The van der Waals surface area contributed by atoms with Gasteiger partial charge in [-0.1, -0.05) is 19.8 Å². The van der Waals surface area contributed by atoms with Crippen molar-refractivity contribution in [2.24, 2.45) is 0 Å². The SMILES string of the molecule is CCNC1CCCCC1N1CCOCC1. The summed E-state index contributed by atoms with van der Waals surface area (Å²) >= 11 is 0. The van der Waals surface area contributed by atoms with Gasteiger partial charge in [0.2, 0.25) is 0 Å². The molecule has 0 bridgehead atoms. The van der Waals surface area contributed by atoms with Crippen LogP contribution in [0.4, 0.5) is 0 Å². The predicted molar refractivity (Wildman–Crippen MR) is 62.1 cm³/mol. The zero-order chi connectivity index (χ0) is 10.5. The monoisotopic (exact) mass is 212 g/mol. The van der Waals surface area contributed by atoms with Crippen LogP contribution >= 0.6 is 0 Å². The van der Waals surface area contributed by atoms with Gasteiger partial charge < -0.3 is 10.1 Å². The summed E-state index contributed by atoms with van der Waals surface area (Å²) in [5.74, 6) is 0. The number of rotatable bonds is 3. The highest BCUT2D eigenvalue weighted by molar-refractivity contribution is 4.88. The van der Waals surface area contributed by atoms with Crippen molar-refractivity contribution in [1.82, 2.24) is 10.2 Å². The Morgan fingerprint density at radius 1 is 1.20 bits per heavy atom. The summed E-state index contributed by atoms with van der Waals surface area (Å²) in [7, 11) is 0. The Morgan fingerprint density at radius 3 is 2.67 bits per heavy atom. The van der Waals surface area contributed by atoms with Crippen LogP contribution in [0.1, 0.15) is 32.6 Å². The number of nitrogens with zero attached hydrogens (tertiary/aromatic N) is 1. The summed E-state index contributed by atoms with van der Waals surface area (Å²) in [6, 6.07) is 1.49.